The summed E-state index contributed by atoms with van der Waals surface area (Å²) in [6.45, 7) is 13.3. The van der Waals surface area contributed by atoms with Crippen LogP contribution in [0.2, 0.25) is 0 Å². The normalized spacial score (nSPS) is 13.1. The first-order valence-electron chi connectivity index (χ1n) is 13.4. The third-order valence-corrected chi connectivity index (χ3v) is 6.45. The smallest absolute Gasteiger partial charge is 0.306 e. The van der Waals surface area contributed by atoms with Crippen LogP contribution in [0.3, 0.4) is 0 Å². The molecule has 0 aliphatic carbocycles. The van der Waals surface area contributed by atoms with E-state index in [0.717, 1.165) is 38.8 Å². The number of rotatable bonds is 21. The predicted octanol–water partition coefficient (Wildman–Crippen LogP) is 7.54. The van der Waals surface area contributed by atoms with E-state index in [-0.39, 0.29) is 24.7 Å². The zero-order chi connectivity index (χ0) is 23.3. The fraction of sp³-hybridized carbons (Fsp3) is 0.926. The summed E-state index contributed by atoms with van der Waals surface area (Å²) in [5.74, 6) is 1.02. The van der Waals surface area contributed by atoms with Gasteiger partial charge in [0.1, 0.15) is 0 Å². The Morgan fingerprint density at radius 1 is 0.677 bits per heavy atom. The van der Waals surface area contributed by atoms with E-state index in [2.05, 4.69) is 39.5 Å². The van der Waals surface area contributed by atoms with E-state index < -0.39 is 0 Å². The third kappa shape index (κ3) is 16.3. The molecular weight excluding hydrogens is 386 g/mol. The van der Waals surface area contributed by atoms with Crippen LogP contribution in [0.1, 0.15) is 131 Å². The van der Waals surface area contributed by atoms with Crippen LogP contribution in [0, 0.1) is 11.8 Å². The molecule has 0 aromatic carbocycles. The number of carbonyl (C=O) groups is 2. The minimum atomic E-state index is -0.222. The number of amides is 1. The minimum absolute atomic E-state index is 0.129. The van der Waals surface area contributed by atoms with E-state index in [0.29, 0.717) is 18.4 Å². The van der Waals surface area contributed by atoms with Gasteiger partial charge < -0.3 is 9.64 Å². The standard InChI is InChI=1S/C27H53NO3/c1-6-11-14-15-16-21-31-27(30)20-19-26(29)28(22-24(9-4)17-12-7-2)23-25(10-5)18-13-8-3/h24-25H,6-23H2,1-5H3. The maximum absolute atomic E-state index is 13.1. The molecule has 0 N–H and O–H groups in total. The van der Waals surface area contributed by atoms with Gasteiger partial charge in [-0.05, 0) is 31.1 Å². The summed E-state index contributed by atoms with van der Waals surface area (Å²) in [6.07, 6.45) is 15.6. The van der Waals surface area contributed by atoms with E-state index in [1.54, 1.807) is 0 Å². The molecule has 0 radical (unpaired) electrons. The van der Waals surface area contributed by atoms with Crippen molar-refractivity contribution in [3.8, 4) is 0 Å². The first kappa shape index (κ1) is 29.9. The molecule has 1 amide bonds. The van der Waals surface area contributed by atoms with Crippen molar-refractivity contribution in [3.05, 3.63) is 0 Å². The number of ether oxygens (including phenoxy) is 1. The SMILES string of the molecule is CCCCCCCOC(=O)CCC(=O)N(CC(CC)CCCC)CC(CC)CCCC. The Bertz CT molecular complexity index is 420. The van der Waals surface area contributed by atoms with E-state index >= 15 is 0 Å². The van der Waals surface area contributed by atoms with Crippen LogP contribution in [-0.2, 0) is 14.3 Å². The summed E-state index contributed by atoms with van der Waals surface area (Å²) in [7, 11) is 0. The lowest BCUT2D eigenvalue weighted by molar-refractivity contribution is -0.146. The summed E-state index contributed by atoms with van der Waals surface area (Å²) >= 11 is 0. The summed E-state index contributed by atoms with van der Waals surface area (Å²) in [5.41, 5.74) is 0. The Labute approximate surface area is 193 Å². The molecule has 4 nitrogen and oxygen atoms in total. The van der Waals surface area contributed by atoms with Crippen LogP contribution in [0.25, 0.3) is 0 Å². The molecule has 4 heteroatoms. The molecule has 0 aromatic heterocycles. The highest BCUT2D eigenvalue weighted by molar-refractivity contribution is 5.81. The number of esters is 1. The van der Waals surface area contributed by atoms with Crippen molar-refractivity contribution in [1.29, 1.82) is 0 Å². The topological polar surface area (TPSA) is 46.6 Å². The van der Waals surface area contributed by atoms with Gasteiger partial charge >= 0.3 is 5.97 Å². The largest absolute Gasteiger partial charge is 0.466 e. The average molecular weight is 440 g/mol. The van der Waals surface area contributed by atoms with Crippen LogP contribution in [0.5, 0.6) is 0 Å². The lowest BCUT2D eigenvalue weighted by Crippen LogP contribution is -2.39. The van der Waals surface area contributed by atoms with E-state index in [9.17, 15) is 9.59 Å². The van der Waals surface area contributed by atoms with Crippen molar-refractivity contribution in [1.82, 2.24) is 4.90 Å². The van der Waals surface area contributed by atoms with Crippen molar-refractivity contribution in [3.63, 3.8) is 0 Å². The van der Waals surface area contributed by atoms with Crippen LogP contribution in [0.15, 0.2) is 0 Å². The van der Waals surface area contributed by atoms with Gasteiger partial charge in [-0.1, -0.05) is 98.8 Å². The molecule has 31 heavy (non-hydrogen) atoms. The van der Waals surface area contributed by atoms with Crippen molar-refractivity contribution in [2.75, 3.05) is 19.7 Å². The Morgan fingerprint density at radius 3 is 1.68 bits per heavy atom. The molecular formula is C27H53NO3. The van der Waals surface area contributed by atoms with Gasteiger partial charge in [0.15, 0.2) is 0 Å². The molecule has 0 saturated heterocycles. The lowest BCUT2D eigenvalue weighted by atomic mass is 9.95. The summed E-state index contributed by atoms with van der Waals surface area (Å²) in [5, 5.41) is 0. The predicted molar refractivity (Wildman–Crippen MR) is 132 cm³/mol. The second kappa shape index (κ2) is 20.8. The number of unbranched alkanes of at least 4 members (excludes halogenated alkanes) is 6. The van der Waals surface area contributed by atoms with Crippen LogP contribution in [0.4, 0.5) is 0 Å². The molecule has 0 heterocycles. The Balaban J connectivity index is 4.66. The van der Waals surface area contributed by atoms with Gasteiger partial charge in [0.2, 0.25) is 5.91 Å². The lowest BCUT2D eigenvalue weighted by Gasteiger charge is -2.31. The van der Waals surface area contributed by atoms with Gasteiger partial charge in [0, 0.05) is 19.5 Å². The highest BCUT2D eigenvalue weighted by atomic mass is 16.5. The molecule has 0 rings (SSSR count). The van der Waals surface area contributed by atoms with Gasteiger partial charge in [-0.3, -0.25) is 9.59 Å². The van der Waals surface area contributed by atoms with Gasteiger partial charge in [-0.15, -0.1) is 0 Å². The van der Waals surface area contributed by atoms with Crippen molar-refractivity contribution in [2.45, 2.75) is 131 Å². The van der Waals surface area contributed by atoms with Crippen molar-refractivity contribution in [2.24, 2.45) is 11.8 Å². The monoisotopic (exact) mass is 439 g/mol. The second-order valence-corrected chi connectivity index (χ2v) is 9.27. The molecule has 0 spiro atoms. The van der Waals surface area contributed by atoms with Crippen molar-refractivity contribution >= 4 is 11.9 Å². The Hall–Kier alpha value is -1.06. The van der Waals surface area contributed by atoms with Gasteiger partial charge in [0.05, 0.1) is 13.0 Å². The van der Waals surface area contributed by atoms with Gasteiger partial charge in [-0.2, -0.15) is 0 Å². The number of carbonyl (C=O) groups excluding carboxylic acids is 2. The molecule has 0 bridgehead atoms. The first-order valence-corrected chi connectivity index (χ1v) is 13.4. The van der Waals surface area contributed by atoms with Gasteiger partial charge in [0.25, 0.3) is 0 Å². The Morgan fingerprint density at radius 2 is 1.19 bits per heavy atom. The zero-order valence-corrected chi connectivity index (χ0v) is 21.6. The minimum Gasteiger partial charge on any atom is -0.466 e. The van der Waals surface area contributed by atoms with Crippen LogP contribution in [-0.4, -0.2) is 36.5 Å². The Kier molecular flexibility index (Phi) is 20.1. The quantitative estimate of drug-likeness (QED) is 0.137. The highest BCUT2D eigenvalue weighted by Crippen LogP contribution is 2.20. The molecule has 0 aliphatic rings. The zero-order valence-electron chi connectivity index (χ0n) is 21.6. The number of hydrogen-bond acceptors (Lipinski definition) is 3. The highest BCUT2D eigenvalue weighted by Gasteiger charge is 2.22. The molecule has 2 unspecified atom stereocenters. The van der Waals surface area contributed by atoms with Crippen LogP contribution >= 0.6 is 0 Å². The first-order chi connectivity index (χ1) is 15.0. The average Bonchev–Trinajstić information content (AvgIpc) is 2.78. The molecule has 2 atom stereocenters. The number of hydrogen-bond donors (Lipinski definition) is 0. The molecule has 0 aliphatic heterocycles. The molecule has 184 valence electrons. The van der Waals surface area contributed by atoms with Gasteiger partial charge in [-0.25, -0.2) is 0 Å². The maximum atomic E-state index is 13.1. The summed E-state index contributed by atoms with van der Waals surface area (Å²) < 4.78 is 5.35. The third-order valence-electron chi connectivity index (χ3n) is 6.45. The molecule has 0 aromatic rings. The van der Waals surface area contributed by atoms with Crippen molar-refractivity contribution < 1.29 is 14.3 Å². The maximum Gasteiger partial charge on any atom is 0.306 e. The number of nitrogens with zero attached hydrogens (tertiary/aromatic N) is 1. The second-order valence-electron chi connectivity index (χ2n) is 9.27. The molecule has 0 fully saturated rings. The fourth-order valence-corrected chi connectivity index (χ4v) is 4.07. The van der Waals surface area contributed by atoms with E-state index in [4.69, 9.17) is 4.74 Å². The molecule has 0 saturated carbocycles. The fourth-order valence-electron chi connectivity index (χ4n) is 4.07. The van der Waals surface area contributed by atoms with Crippen LogP contribution < -0.4 is 0 Å². The summed E-state index contributed by atoms with van der Waals surface area (Å²) in [6, 6.07) is 0. The summed E-state index contributed by atoms with van der Waals surface area (Å²) in [4.78, 5) is 27.2. The van der Waals surface area contributed by atoms with E-state index in [1.807, 2.05) is 0 Å². The van der Waals surface area contributed by atoms with E-state index in [1.165, 1.54) is 57.8 Å².